The van der Waals surface area contributed by atoms with Crippen LogP contribution in [0.1, 0.15) is 115 Å². The van der Waals surface area contributed by atoms with Gasteiger partial charge in [0.05, 0.1) is 23.7 Å². The van der Waals surface area contributed by atoms with Crippen LogP contribution in [-0.2, 0) is 4.74 Å². The molecule has 1 unspecified atom stereocenters. The van der Waals surface area contributed by atoms with E-state index in [4.69, 9.17) is 16.2 Å². The summed E-state index contributed by atoms with van der Waals surface area (Å²) in [6, 6.07) is 0. The van der Waals surface area contributed by atoms with Gasteiger partial charge in [-0.05, 0) is 43.3 Å². The Hall–Kier alpha value is -2.12. The average molecular weight is 481 g/mol. The van der Waals surface area contributed by atoms with E-state index in [1.165, 1.54) is 85.8 Å². The van der Waals surface area contributed by atoms with Gasteiger partial charge in [-0.15, -0.1) is 17.8 Å². The molecule has 1 atom stereocenters. The molecule has 0 bridgehead atoms. The molecule has 0 spiro atoms. The standard InChI is InChI=1S/C30H44N2OS/c1-7-10-12-14-16-18-23(4)21-31-27-20-26(28-22-34-29(9-3)32-28)25(6)30(27)33-24(5)19-17-15-13-11-8-2/h3,22,30H,4-5,7-8,10-21H2,1-2,6H3. The van der Waals surface area contributed by atoms with E-state index in [1.807, 2.05) is 5.38 Å². The summed E-state index contributed by atoms with van der Waals surface area (Å²) in [6.07, 6.45) is 20.7. The topological polar surface area (TPSA) is 34.5 Å². The van der Waals surface area contributed by atoms with Crippen molar-refractivity contribution in [3.8, 4) is 12.3 Å². The average Bonchev–Trinajstić information content (AvgIpc) is 3.42. The first-order valence-electron chi connectivity index (χ1n) is 13.2. The number of nitrogens with zero attached hydrogens (tertiary/aromatic N) is 2. The Kier molecular flexibility index (Phi) is 13.0. The minimum Gasteiger partial charge on any atom is -0.485 e. The second kappa shape index (κ2) is 15.7. The summed E-state index contributed by atoms with van der Waals surface area (Å²) in [4.78, 5) is 9.61. The van der Waals surface area contributed by atoms with E-state index in [0.717, 1.165) is 42.8 Å². The van der Waals surface area contributed by atoms with Crippen LogP contribution in [0.3, 0.4) is 0 Å². The number of rotatable bonds is 17. The fraction of sp³-hybridized carbons (Fsp3) is 0.600. The highest BCUT2D eigenvalue weighted by atomic mass is 32.1. The van der Waals surface area contributed by atoms with Gasteiger partial charge in [-0.25, -0.2) is 4.98 Å². The minimum atomic E-state index is -0.161. The van der Waals surface area contributed by atoms with Crippen LogP contribution < -0.4 is 0 Å². The second-order valence-corrected chi connectivity index (χ2v) is 10.3. The predicted octanol–water partition coefficient (Wildman–Crippen LogP) is 8.92. The number of terminal acetylenes is 1. The molecule has 0 saturated carbocycles. The van der Waals surface area contributed by atoms with E-state index in [1.54, 1.807) is 0 Å². The SMILES string of the molecule is C#Cc1nc(C2=C(C)C(OC(=C)CCCCCCC)C(=NCC(=C)CCCCCCC)C2)cs1. The van der Waals surface area contributed by atoms with Gasteiger partial charge in [0.1, 0.15) is 0 Å². The third kappa shape index (κ3) is 9.26. The quantitative estimate of drug-likeness (QED) is 0.0965. The molecule has 1 aliphatic carbocycles. The molecule has 1 aromatic heterocycles. The third-order valence-corrected chi connectivity index (χ3v) is 7.22. The molecule has 0 aliphatic heterocycles. The number of aliphatic imine (C=N–C) groups is 1. The van der Waals surface area contributed by atoms with Crippen LogP contribution in [0.4, 0.5) is 0 Å². The van der Waals surface area contributed by atoms with E-state index >= 15 is 0 Å². The van der Waals surface area contributed by atoms with Crippen molar-refractivity contribution in [3.05, 3.63) is 46.1 Å². The highest BCUT2D eigenvalue weighted by Crippen LogP contribution is 2.36. The molecular weight excluding hydrogens is 436 g/mol. The van der Waals surface area contributed by atoms with Crippen LogP contribution >= 0.6 is 11.3 Å². The zero-order chi connectivity index (χ0) is 24.8. The summed E-state index contributed by atoms with van der Waals surface area (Å²) in [5.41, 5.74) is 5.57. The fourth-order valence-electron chi connectivity index (χ4n) is 4.31. The van der Waals surface area contributed by atoms with Crippen LogP contribution in [0.15, 0.2) is 40.4 Å². The molecule has 0 N–H and O–H groups in total. The van der Waals surface area contributed by atoms with Crippen molar-refractivity contribution in [2.24, 2.45) is 4.99 Å². The first kappa shape index (κ1) is 28.1. The second-order valence-electron chi connectivity index (χ2n) is 9.44. The van der Waals surface area contributed by atoms with Gasteiger partial charge in [-0.3, -0.25) is 4.99 Å². The Labute approximate surface area is 212 Å². The van der Waals surface area contributed by atoms with Crippen molar-refractivity contribution in [2.45, 2.75) is 110 Å². The van der Waals surface area contributed by atoms with Crippen LogP contribution in [0.2, 0.25) is 0 Å². The van der Waals surface area contributed by atoms with Gasteiger partial charge in [0, 0.05) is 18.2 Å². The molecule has 34 heavy (non-hydrogen) atoms. The Balaban J connectivity index is 2.03. The lowest BCUT2D eigenvalue weighted by molar-refractivity contribution is 0.188. The van der Waals surface area contributed by atoms with E-state index < -0.39 is 0 Å². The molecule has 0 fully saturated rings. The monoisotopic (exact) mass is 480 g/mol. The van der Waals surface area contributed by atoms with Gasteiger partial charge in [0.25, 0.3) is 0 Å². The van der Waals surface area contributed by atoms with Crippen molar-refractivity contribution >= 4 is 22.6 Å². The van der Waals surface area contributed by atoms with Crippen LogP contribution in [0.5, 0.6) is 0 Å². The lowest BCUT2D eigenvalue weighted by Crippen LogP contribution is -2.21. The van der Waals surface area contributed by atoms with Gasteiger partial charge in [0.15, 0.2) is 11.1 Å². The summed E-state index contributed by atoms with van der Waals surface area (Å²) in [5.74, 6) is 3.50. The number of aromatic nitrogens is 1. The molecule has 2 rings (SSSR count). The number of ether oxygens (including phenoxy) is 1. The third-order valence-electron chi connectivity index (χ3n) is 6.45. The van der Waals surface area contributed by atoms with Crippen molar-refractivity contribution < 1.29 is 4.74 Å². The summed E-state index contributed by atoms with van der Waals surface area (Å²) < 4.78 is 6.41. The van der Waals surface area contributed by atoms with E-state index in [2.05, 4.69) is 44.8 Å². The Morgan fingerprint density at radius 1 is 1.09 bits per heavy atom. The number of thiazole rings is 1. The maximum atomic E-state index is 6.41. The summed E-state index contributed by atoms with van der Waals surface area (Å²) in [5, 5.41) is 2.76. The van der Waals surface area contributed by atoms with Gasteiger partial charge in [-0.2, -0.15) is 0 Å². The van der Waals surface area contributed by atoms with Crippen LogP contribution in [0.25, 0.3) is 5.57 Å². The Bertz CT molecular complexity index is 899. The van der Waals surface area contributed by atoms with Gasteiger partial charge >= 0.3 is 0 Å². The molecule has 0 amide bonds. The highest BCUT2D eigenvalue weighted by molar-refractivity contribution is 7.10. The lowest BCUT2D eigenvalue weighted by Gasteiger charge is -2.19. The van der Waals surface area contributed by atoms with Gasteiger partial charge < -0.3 is 4.74 Å². The molecule has 3 nitrogen and oxygen atoms in total. The summed E-state index contributed by atoms with van der Waals surface area (Å²) >= 11 is 1.51. The maximum Gasteiger partial charge on any atom is 0.167 e. The lowest BCUT2D eigenvalue weighted by atomic mass is 10.1. The Morgan fingerprint density at radius 3 is 2.35 bits per heavy atom. The zero-order valence-corrected chi connectivity index (χ0v) is 22.6. The first-order chi connectivity index (χ1) is 16.5. The molecular formula is C30H44N2OS. The molecule has 1 aromatic rings. The van der Waals surface area contributed by atoms with Crippen molar-refractivity contribution in [2.75, 3.05) is 6.54 Å². The van der Waals surface area contributed by atoms with Crippen LogP contribution in [-0.4, -0.2) is 23.3 Å². The molecule has 186 valence electrons. The maximum absolute atomic E-state index is 6.41. The normalized spacial score (nSPS) is 16.8. The largest absolute Gasteiger partial charge is 0.485 e. The highest BCUT2D eigenvalue weighted by Gasteiger charge is 2.32. The molecule has 0 radical (unpaired) electrons. The molecule has 0 saturated heterocycles. The van der Waals surface area contributed by atoms with Crippen molar-refractivity contribution in [3.63, 3.8) is 0 Å². The van der Waals surface area contributed by atoms with E-state index in [9.17, 15) is 0 Å². The van der Waals surface area contributed by atoms with Gasteiger partial charge in [-0.1, -0.05) is 83.9 Å². The predicted molar refractivity (Wildman–Crippen MR) is 149 cm³/mol. The number of hydrogen-bond donors (Lipinski definition) is 0. The Morgan fingerprint density at radius 2 is 1.74 bits per heavy atom. The summed E-state index contributed by atoms with van der Waals surface area (Å²) in [7, 11) is 0. The molecule has 1 aliphatic rings. The summed E-state index contributed by atoms with van der Waals surface area (Å²) in [6.45, 7) is 15.8. The smallest absolute Gasteiger partial charge is 0.167 e. The minimum absolute atomic E-state index is 0.161. The van der Waals surface area contributed by atoms with Gasteiger partial charge in [0.2, 0.25) is 0 Å². The fourth-order valence-corrected chi connectivity index (χ4v) is 4.95. The van der Waals surface area contributed by atoms with Crippen LogP contribution in [0, 0.1) is 12.3 Å². The number of allylic oxidation sites excluding steroid dienone is 2. The molecule has 0 aromatic carbocycles. The molecule has 4 heteroatoms. The van der Waals surface area contributed by atoms with E-state index in [0.29, 0.717) is 11.6 Å². The zero-order valence-electron chi connectivity index (χ0n) is 21.8. The van der Waals surface area contributed by atoms with E-state index in [-0.39, 0.29) is 6.10 Å². The first-order valence-corrected chi connectivity index (χ1v) is 14.0. The van der Waals surface area contributed by atoms with Crippen molar-refractivity contribution in [1.82, 2.24) is 4.98 Å². The van der Waals surface area contributed by atoms with Crippen molar-refractivity contribution in [1.29, 1.82) is 0 Å². The number of hydrogen-bond acceptors (Lipinski definition) is 4. The number of unbranched alkanes of at least 4 members (excludes halogenated alkanes) is 8. The molecule has 1 heterocycles.